The molecule has 0 aliphatic carbocycles. The van der Waals surface area contributed by atoms with Crippen molar-refractivity contribution in [3.8, 4) is 0 Å². The molecule has 0 aliphatic rings. The van der Waals surface area contributed by atoms with Gasteiger partial charge in [-0.05, 0) is 48.4 Å². The highest BCUT2D eigenvalue weighted by atomic mass is 16.2. The molecule has 4 heteroatoms. The number of nitrogens with one attached hydrogen (secondary N) is 1. The summed E-state index contributed by atoms with van der Waals surface area (Å²) in [7, 11) is 1.60. The van der Waals surface area contributed by atoms with Gasteiger partial charge >= 0.3 is 0 Å². The van der Waals surface area contributed by atoms with Crippen molar-refractivity contribution in [3.63, 3.8) is 0 Å². The molecule has 2 aromatic carbocycles. The van der Waals surface area contributed by atoms with E-state index in [-0.39, 0.29) is 11.8 Å². The van der Waals surface area contributed by atoms with Gasteiger partial charge in [0.2, 0.25) is 11.8 Å². The van der Waals surface area contributed by atoms with Crippen molar-refractivity contribution in [1.82, 2.24) is 10.2 Å². The molecular formula is C24H32N2O2. The lowest BCUT2D eigenvalue weighted by Gasteiger charge is -2.29. The minimum absolute atomic E-state index is 0.00714. The maximum atomic E-state index is 13.0. The Morgan fingerprint density at radius 2 is 1.64 bits per heavy atom. The fourth-order valence-electron chi connectivity index (χ4n) is 3.23. The molecule has 0 fully saturated rings. The SMILES string of the molecule is CNC(=O)[C@@H](C)N(Cc1ccccc1C)C(=O)CCc1ccc(C(C)C)cc1. The largest absolute Gasteiger partial charge is 0.357 e. The fourth-order valence-corrected chi connectivity index (χ4v) is 3.23. The van der Waals surface area contributed by atoms with E-state index in [0.29, 0.717) is 25.3 Å². The van der Waals surface area contributed by atoms with Crippen LogP contribution in [0.25, 0.3) is 0 Å². The lowest BCUT2D eigenvalue weighted by molar-refractivity contribution is -0.140. The maximum absolute atomic E-state index is 13.0. The van der Waals surface area contributed by atoms with Crippen LogP contribution < -0.4 is 5.32 Å². The van der Waals surface area contributed by atoms with Crippen molar-refractivity contribution < 1.29 is 9.59 Å². The maximum Gasteiger partial charge on any atom is 0.242 e. The first-order chi connectivity index (χ1) is 13.3. The van der Waals surface area contributed by atoms with Gasteiger partial charge in [0, 0.05) is 20.0 Å². The Kier molecular flexibility index (Phi) is 7.80. The molecule has 2 amide bonds. The zero-order valence-corrected chi connectivity index (χ0v) is 17.7. The summed E-state index contributed by atoms with van der Waals surface area (Å²) < 4.78 is 0. The summed E-state index contributed by atoms with van der Waals surface area (Å²) >= 11 is 0. The van der Waals surface area contributed by atoms with E-state index in [1.54, 1.807) is 18.9 Å². The predicted molar refractivity (Wildman–Crippen MR) is 114 cm³/mol. The lowest BCUT2D eigenvalue weighted by atomic mass is 10.00. The molecular weight excluding hydrogens is 348 g/mol. The molecule has 0 saturated carbocycles. The second kappa shape index (κ2) is 10.1. The van der Waals surface area contributed by atoms with Crippen LogP contribution in [0.5, 0.6) is 0 Å². The third kappa shape index (κ3) is 5.69. The van der Waals surface area contributed by atoms with Gasteiger partial charge in [0.05, 0.1) is 0 Å². The average molecular weight is 381 g/mol. The Bertz CT molecular complexity index is 797. The highest BCUT2D eigenvalue weighted by molar-refractivity contribution is 5.87. The molecule has 0 radical (unpaired) electrons. The Morgan fingerprint density at radius 3 is 2.21 bits per heavy atom. The number of amides is 2. The summed E-state index contributed by atoms with van der Waals surface area (Å²) in [5.41, 5.74) is 4.62. The number of hydrogen-bond donors (Lipinski definition) is 1. The third-order valence-electron chi connectivity index (χ3n) is 5.29. The normalized spacial score (nSPS) is 11.9. The number of carbonyl (C=O) groups is 2. The molecule has 0 aromatic heterocycles. The molecule has 0 heterocycles. The van der Waals surface area contributed by atoms with Crippen LogP contribution in [0.1, 0.15) is 55.4 Å². The molecule has 0 aliphatic heterocycles. The van der Waals surface area contributed by atoms with E-state index < -0.39 is 6.04 Å². The standard InChI is InChI=1S/C24H32N2O2/c1-17(2)21-13-10-20(11-14-21)12-15-23(27)26(19(4)24(28)25-5)16-22-9-7-6-8-18(22)3/h6-11,13-14,17,19H,12,15-16H2,1-5H3,(H,25,28)/t19-/m1/s1. The summed E-state index contributed by atoms with van der Waals surface area (Å²) in [4.78, 5) is 26.9. The van der Waals surface area contributed by atoms with Gasteiger partial charge in [-0.1, -0.05) is 62.4 Å². The summed E-state index contributed by atoms with van der Waals surface area (Å²) in [5, 5.41) is 2.66. The fraction of sp³-hybridized carbons (Fsp3) is 0.417. The second-order valence-electron chi connectivity index (χ2n) is 7.63. The second-order valence-corrected chi connectivity index (χ2v) is 7.63. The minimum Gasteiger partial charge on any atom is -0.357 e. The molecule has 28 heavy (non-hydrogen) atoms. The number of rotatable bonds is 8. The van der Waals surface area contributed by atoms with E-state index in [1.165, 1.54) is 5.56 Å². The smallest absolute Gasteiger partial charge is 0.242 e. The van der Waals surface area contributed by atoms with Gasteiger partial charge in [0.1, 0.15) is 6.04 Å². The van der Waals surface area contributed by atoms with Gasteiger partial charge in [-0.15, -0.1) is 0 Å². The van der Waals surface area contributed by atoms with Crippen molar-refractivity contribution in [2.45, 2.75) is 59.0 Å². The molecule has 0 unspecified atom stereocenters. The van der Waals surface area contributed by atoms with E-state index >= 15 is 0 Å². The van der Waals surface area contributed by atoms with Crippen LogP contribution in [0, 0.1) is 6.92 Å². The van der Waals surface area contributed by atoms with Gasteiger partial charge in [-0.25, -0.2) is 0 Å². The average Bonchev–Trinajstić information content (AvgIpc) is 2.70. The number of hydrogen-bond acceptors (Lipinski definition) is 2. The molecule has 4 nitrogen and oxygen atoms in total. The zero-order valence-electron chi connectivity index (χ0n) is 17.7. The Labute approximate surface area is 169 Å². The van der Waals surface area contributed by atoms with Crippen LogP contribution in [0.15, 0.2) is 48.5 Å². The van der Waals surface area contributed by atoms with Crippen molar-refractivity contribution in [2.24, 2.45) is 0 Å². The van der Waals surface area contributed by atoms with Gasteiger partial charge in [-0.2, -0.15) is 0 Å². The molecule has 0 bridgehead atoms. The van der Waals surface area contributed by atoms with E-state index in [9.17, 15) is 9.59 Å². The van der Waals surface area contributed by atoms with Crippen LogP contribution >= 0.6 is 0 Å². The topological polar surface area (TPSA) is 49.4 Å². The number of nitrogens with zero attached hydrogens (tertiary/aromatic N) is 1. The van der Waals surface area contributed by atoms with Gasteiger partial charge in [0.25, 0.3) is 0 Å². The van der Waals surface area contributed by atoms with Crippen molar-refractivity contribution in [2.75, 3.05) is 7.05 Å². The summed E-state index contributed by atoms with van der Waals surface area (Å²) in [5.74, 6) is 0.337. The molecule has 0 spiro atoms. The van der Waals surface area contributed by atoms with E-state index in [2.05, 4.69) is 43.4 Å². The molecule has 0 saturated heterocycles. The number of likely N-dealkylation sites (N-methyl/N-ethyl adjacent to an activating group) is 1. The quantitative estimate of drug-likeness (QED) is 0.746. The van der Waals surface area contributed by atoms with Gasteiger partial charge in [-0.3, -0.25) is 9.59 Å². The van der Waals surface area contributed by atoms with E-state index in [4.69, 9.17) is 0 Å². The van der Waals surface area contributed by atoms with Crippen LogP contribution in [0.3, 0.4) is 0 Å². The van der Waals surface area contributed by atoms with Gasteiger partial charge in [0.15, 0.2) is 0 Å². The monoisotopic (exact) mass is 380 g/mol. The first kappa shape index (κ1) is 21.7. The van der Waals surface area contributed by atoms with Crippen LogP contribution in [-0.4, -0.2) is 29.8 Å². The van der Waals surface area contributed by atoms with Crippen LogP contribution in [-0.2, 0) is 22.6 Å². The number of aryl methyl sites for hydroxylation is 2. The van der Waals surface area contributed by atoms with Crippen molar-refractivity contribution in [3.05, 3.63) is 70.8 Å². The molecule has 2 rings (SSSR count). The summed E-state index contributed by atoms with van der Waals surface area (Å²) in [6.45, 7) is 8.59. The van der Waals surface area contributed by atoms with Crippen molar-refractivity contribution in [1.29, 1.82) is 0 Å². The Hall–Kier alpha value is -2.62. The van der Waals surface area contributed by atoms with E-state index in [1.807, 2.05) is 31.2 Å². The Balaban J connectivity index is 2.11. The third-order valence-corrected chi connectivity index (χ3v) is 5.29. The Morgan fingerprint density at radius 1 is 1.00 bits per heavy atom. The minimum atomic E-state index is -0.513. The van der Waals surface area contributed by atoms with Crippen LogP contribution in [0.2, 0.25) is 0 Å². The first-order valence-electron chi connectivity index (χ1n) is 9.98. The molecule has 150 valence electrons. The molecule has 2 aromatic rings. The highest BCUT2D eigenvalue weighted by Gasteiger charge is 2.25. The summed E-state index contributed by atoms with van der Waals surface area (Å²) in [6, 6.07) is 15.9. The lowest BCUT2D eigenvalue weighted by Crippen LogP contribution is -2.46. The summed E-state index contributed by atoms with van der Waals surface area (Å²) in [6.07, 6.45) is 1.05. The van der Waals surface area contributed by atoms with Crippen molar-refractivity contribution >= 4 is 11.8 Å². The first-order valence-corrected chi connectivity index (χ1v) is 9.98. The molecule has 1 atom stereocenters. The number of benzene rings is 2. The van der Waals surface area contributed by atoms with Gasteiger partial charge < -0.3 is 10.2 Å². The number of carbonyl (C=O) groups excluding carboxylic acids is 2. The van der Waals surface area contributed by atoms with Crippen LogP contribution in [0.4, 0.5) is 0 Å². The zero-order chi connectivity index (χ0) is 20.7. The predicted octanol–water partition coefficient (Wildman–Crippen LogP) is 4.21. The molecule has 1 N–H and O–H groups in total. The van der Waals surface area contributed by atoms with E-state index in [0.717, 1.165) is 16.7 Å². The highest BCUT2D eigenvalue weighted by Crippen LogP contribution is 2.18.